The largest absolute Gasteiger partial charge is 0.350 e. The van der Waals surface area contributed by atoms with Gasteiger partial charge >= 0.3 is 0 Å². The summed E-state index contributed by atoms with van der Waals surface area (Å²) in [6, 6.07) is 7.33. The number of thioether (sulfide) groups is 1. The number of rotatable bonds is 5. The number of hydrogen-bond donors (Lipinski definition) is 1. The highest BCUT2D eigenvalue weighted by atomic mass is 35.5. The summed E-state index contributed by atoms with van der Waals surface area (Å²) in [4.78, 5) is 13.0. The van der Waals surface area contributed by atoms with E-state index in [0.29, 0.717) is 10.2 Å². The molecule has 2 aromatic rings. The lowest BCUT2D eigenvalue weighted by Gasteiger charge is -2.57. The molecule has 1 heterocycles. The van der Waals surface area contributed by atoms with Crippen LogP contribution in [0.5, 0.6) is 0 Å². The Morgan fingerprint density at radius 1 is 1.18 bits per heavy atom. The van der Waals surface area contributed by atoms with Crippen LogP contribution in [-0.2, 0) is 4.79 Å². The maximum atomic E-state index is 13.0. The fraction of sp³-hybridized carbons (Fsp3) is 0.600. The number of benzene rings is 1. The maximum Gasteiger partial charge on any atom is 0.233 e. The minimum atomic E-state index is -0.259. The molecule has 4 saturated carbocycles. The monoisotopic (exact) mass is 417 g/mol. The quantitative estimate of drug-likeness (QED) is 0.747. The summed E-state index contributed by atoms with van der Waals surface area (Å²) in [7, 11) is 0. The van der Waals surface area contributed by atoms with E-state index in [9.17, 15) is 4.79 Å². The lowest BCUT2D eigenvalue weighted by Crippen LogP contribution is -2.60. The number of halogens is 1. The van der Waals surface area contributed by atoms with Crippen LogP contribution in [0.25, 0.3) is 5.69 Å². The Morgan fingerprint density at radius 3 is 2.39 bits per heavy atom. The molecule has 0 spiro atoms. The summed E-state index contributed by atoms with van der Waals surface area (Å²) >= 11 is 7.36. The van der Waals surface area contributed by atoms with Gasteiger partial charge in [0.25, 0.3) is 0 Å². The second-order valence-corrected chi connectivity index (χ2v) is 10.5. The van der Waals surface area contributed by atoms with Crippen LogP contribution >= 0.6 is 23.4 Å². The van der Waals surface area contributed by atoms with Crippen molar-refractivity contribution in [3.63, 3.8) is 0 Å². The summed E-state index contributed by atoms with van der Waals surface area (Å²) in [5.74, 6) is 2.53. The normalized spacial score (nSPS) is 31.7. The van der Waals surface area contributed by atoms with E-state index in [1.54, 1.807) is 16.8 Å². The van der Waals surface area contributed by atoms with Gasteiger partial charge in [-0.3, -0.25) is 4.79 Å². The van der Waals surface area contributed by atoms with E-state index in [1.807, 2.05) is 19.1 Å². The predicted molar refractivity (Wildman–Crippen MR) is 109 cm³/mol. The summed E-state index contributed by atoms with van der Waals surface area (Å²) in [5.41, 5.74) is 0.855. The Kier molecular flexibility index (Phi) is 4.62. The second kappa shape index (κ2) is 7.02. The van der Waals surface area contributed by atoms with Crippen molar-refractivity contribution in [2.75, 3.05) is 0 Å². The number of nitrogens with zero attached hydrogens (tertiary/aromatic N) is 4. The number of hydrogen-bond acceptors (Lipinski definition) is 5. The van der Waals surface area contributed by atoms with E-state index in [4.69, 9.17) is 11.6 Å². The highest BCUT2D eigenvalue weighted by Gasteiger charge is 2.51. The predicted octanol–water partition coefficient (Wildman–Crippen LogP) is 3.88. The van der Waals surface area contributed by atoms with E-state index >= 15 is 0 Å². The van der Waals surface area contributed by atoms with Gasteiger partial charge in [0, 0.05) is 10.6 Å². The molecular weight excluding hydrogens is 394 g/mol. The lowest BCUT2D eigenvalue weighted by molar-refractivity contribution is -0.126. The standard InChI is InChI=1S/C20H24ClN5OS/c1-12(28-19-23-24-25-26(19)17-4-2-16(21)3-5-17)18(27)22-20-9-13-6-14(10-20)8-15(7-13)11-20/h2-5,12-15H,6-11H2,1H3,(H,22,27)/t12-,13?,14?,15?,20?/m0/s1. The van der Waals surface area contributed by atoms with Gasteiger partial charge in [-0.25, -0.2) is 0 Å². The fourth-order valence-electron chi connectivity index (χ4n) is 5.84. The van der Waals surface area contributed by atoms with Crippen LogP contribution < -0.4 is 5.32 Å². The second-order valence-electron chi connectivity index (χ2n) is 8.80. The number of carbonyl (C=O) groups is 1. The van der Waals surface area contributed by atoms with Gasteiger partial charge in [0.2, 0.25) is 11.1 Å². The zero-order valence-electron chi connectivity index (χ0n) is 15.8. The molecule has 1 aromatic carbocycles. The molecule has 1 amide bonds. The molecule has 6 rings (SSSR count). The van der Waals surface area contributed by atoms with Crippen LogP contribution in [-0.4, -0.2) is 36.9 Å². The molecule has 148 valence electrons. The van der Waals surface area contributed by atoms with Crippen LogP contribution in [0.3, 0.4) is 0 Å². The van der Waals surface area contributed by atoms with E-state index in [2.05, 4.69) is 20.8 Å². The molecule has 0 radical (unpaired) electrons. The number of nitrogens with one attached hydrogen (secondary N) is 1. The SMILES string of the molecule is C[C@H](Sc1nnnn1-c1ccc(Cl)cc1)C(=O)NC12CC3CC(CC(C3)C1)C2. The Hall–Kier alpha value is -1.60. The third-order valence-corrected chi connectivity index (χ3v) is 7.88. The van der Waals surface area contributed by atoms with Gasteiger partial charge in [0.05, 0.1) is 10.9 Å². The molecule has 4 aliphatic carbocycles. The molecule has 1 atom stereocenters. The van der Waals surface area contributed by atoms with Crippen LogP contribution in [0.4, 0.5) is 0 Å². The van der Waals surface area contributed by atoms with Gasteiger partial charge in [-0.2, -0.15) is 4.68 Å². The van der Waals surface area contributed by atoms with Gasteiger partial charge in [-0.15, -0.1) is 5.10 Å². The molecule has 4 fully saturated rings. The van der Waals surface area contributed by atoms with E-state index in [0.717, 1.165) is 42.7 Å². The van der Waals surface area contributed by atoms with Crippen LogP contribution in [0.15, 0.2) is 29.4 Å². The van der Waals surface area contributed by atoms with Crippen LogP contribution in [0.2, 0.25) is 5.02 Å². The summed E-state index contributed by atoms with van der Waals surface area (Å²) in [5, 5.41) is 16.4. The third kappa shape index (κ3) is 3.43. The number of amides is 1. The van der Waals surface area contributed by atoms with Crippen molar-refractivity contribution in [3.05, 3.63) is 29.3 Å². The average Bonchev–Trinajstić information content (AvgIpc) is 3.09. The average molecular weight is 418 g/mol. The highest BCUT2D eigenvalue weighted by Crippen LogP contribution is 2.55. The molecule has 8 heteroatoms. The topological polar surface area (TPSA) is 72.7 Å². The Morgan fingerprint density at radius 2 is 1.79 bits per heavy atom. The van der Waals surface area contributed by atoms with E-state index in [1.165, 1.54) is 31.0 Å². The Balaban J connectivity index is 1.28. The summed E-state index contributed by atoms with van der Waals surface area (Å²) in [6.07, 6.45) is 7.58. The molecule has 0 aliphatic heterocycles. The number of tetrazole rings is 1. The molecule has 28 heavy (non-hydrogen) atoms. The molecule has 4 bridgehead atoms. The van der Waals surface area contributed by atoms with Crippen molar-refractivity contribution in [1.82, 2.24) is 25.5 Å². The van der Waals surface area contributed by atoms with Gasteiger partial charge in [0.1, 0.15) is 0 Å². The minimum Gasteiger partial charge on any atom is -0.350 e. The van der Waals surface area contributed by atoms with Crippen molar-refractivity contribution >= 4 is 29.3 Å². The first-order valence-corrected chi connectivity index (χ1v) is 11.3. The molecule has 0 unspecified atom stereocenters. The molecule has 6 nitrogen and oxygen atoms in total. The highest BCUT2D eigenvalue weighted by molar-refractivity contribution is 8.00. The fourth-order valence-corrected chi connectivity index (χ4v) is 6.77. The van der Waals surface area contributed by atoms with Crippen molar-refractivity contribution in [3.8, 4) is 5.69 Å². The zero-order chi connectivity index (χ0) is 19.3. The zero-order valence-corrected chi connectivity index (χ0v) is 17.4. The minimum absolute atomic E-state index is 0.0305. The molecular formula is C20H24ClN5OS. The number of aromatic nitrogens is 4. The van der Waals surface area contributed by atoms with Crippen LogP contribution in [0.1, 0.15) is 45.4 Å². The molecule has 0 saturated heterocycles. The van der Waals surface area contributed by atoms with Gasteiger partial charge in [0.15, 0.2) is 0 Å². The molecule has 1 N–H and O–H groups in total. The van der Waals surface area contributed by atoms with Crippen molar-refractivity contribution in [1.29, 1.82) is 0 Å². The third-order valence-electron chi connectivity index (χ3n) is 6.59. The van der Waals surface area contributed by atoms with Gasteiger partial charge < -0.3 is 5.32 Å². The maximum absolute atomic E-state index is 13.0. The van der Waals surface area contributed by atoms with Crippen molar-refractivity contribution in [2.24, 2.45) is 17.8 Å². The van der Waals surface area contributed by atoms with Crippen LogP contribution in [0, 0.1) is 17.8 Å². The first-order valence-electron chi connectivity index (χ1n) is 10.0. The summed E-state index contributed by atoms with van der Waals surface area (Å²) in [6.45, 7) is 1.93. The smallest absolute Gasteiger partial charge is 0.233 e. The van der Waals surface area contributed by atoms with E-state index in [-0.39, 0.29) is 16.7 Å². The Bertz CT molecular complexity index is 848. The first-order chi connectivity index (χ1) is 13.5. The first kappa shape index (κ1) is 18.4. The molecule has 1 aromatic heterocycles. The lowest BCUT2D eigenvalue weighted by atomic mass is 9.53. The Labute approximate surface area is 173 Å². The van der Waals surface area contributed by atoms with E-state index < -0.39 is 0 Å². The van der Waals surface area contributed by atoms with Crippen molar-refractivity contribution in [2.45, 2.75) is 61.4 Å². The summed E-state index contributed by atoms with van der Waals surface area (Å²) < 4.78 is 1.65. The molecule has 4 aliphatic rings. The van der Waals surface area contributed by atoms with Crippen molar-refractivity contribution < 1.29 is 4.79 Å². The van der Waals surface area contributed by atoms with Gasteiger partial charge in [-0.1, -0.05) is 23.4 Å². The number of carbonyl (C=O) groups excluding carboxylic acids is 1. The van der Waals surface area contributed by atoms with Gasteiger partial charge in [-0.05, 0) is 97.9 Å².